The first-order chi connectivity index (χ1) is 8.17. The molecule has 2 N–H and O–H groups in total. The molecule has 98 valence electrons. The van der Waals surface area contributed by atoms with Crippen molar-refractivity contribution in [2.45, 2.75) is 32.7 Å². The van der Waals surface area contributed by atoms with Crippen LogP contribution >= 0.6 is 11.6 Å². The molecule has 1 rings (SSSR count). The third kappa shape index (κ3) is 5.06. The van der Waals surface area contributed by atoms with E-state index in [1.165, 1.54) is 6.42 Å². The number of aryl methyl sites for hydroxylation is 1. The maximum Gasteiger partial charge on any atom is 0.151 e. The fourth-order valence-corrected chi connectivity index (χ4v) is 1.87. The second-order valence-electron chi connectivity index (χ2n) is 4.40. The number of halogens is 1. The molecule has 17 heavy (non-hydrogen) atoms. The Morgan fingerprint density at radius 2 is 2.24 bits per heavy atom. The summed E-state index contributed by atoms with van der Waals surface area (Å²) >= 11 is 6.12. The molecule has 0 spiro atoms. The molecule has 0 aromatic carbocycles. The zero-order valence-electron chi connectivity index (χ0n) is 11.0. The lowest BCUT2D eigenvalue weighted by atomic mass is 10.2. The fourth-order valence-electron chi connectivity index (χ4n) is 1.66. The minimum Gasteiger partial charge on any atom is -0.344 e. The van der Waals surface area contributed by atoms with E-state index in [0.29, 0.717) is 5.15 Å². The van der Waals surface area contributed by atoms with Gasteiger partial charge in [0, 0.05) is 26.1 Å². The van der Waals surface area contributed by atoms with Crippen LogP contribution < -0.4 is 5.32 Å². The second kappa shape index (κ2) is 7.69. The SMILES string of the molecule is CCCCc1nc(Cl)c(CN(C)CCNC)[nH]1. The molecular weight excluding hydrogens is 236 g/mol. The van der Waals surface area contributed by atoms with Gasteiger partial charge in [-0.1, -0.05) is 24.9 Å². The molecule has 0 radical (unpaired) electrons. The normalized spacial score (nSPS) is 11.4. The van der Waals surface area contributed by atoms with Gasteiger partial charge in [-0.05, 0) is 20.5 Å². The minimum absolute atomic E-state index is 0.618. The molecule has 1 aromatic rings. The smallest absolute Gasteiger partial charge is 0.151 e. The van der Waals surface area contributed by atoms with Crippen LogP contribution in [0, 0.1) is 0 Å². The summed E-state index contributed by atoms with van der Waals surface area (Å²) < 4.78 is 0. The van der Waals surface area contributed by atoms with Crippen LogP contribution in [-0.4, -0.2) is 42.1 Å². The summed E-state index contributed by atoms with van der Waals surface area (Å²) in [6.45, 7) is 4.97. The highest BCUT2D eigenvalue weighted by Gasteiger charge is 2.09. The molecule has 0 aliphatic heterocycles. The van der Waals surface area contributed by atoms with Crippen LogP contribution in [0.1, 0.15) is 31.3 Å². The molecule has 0 atom stereocenters. The molecule has 4 nitrogen and oxygen atoms in total. The van der Waals surface area contributed by atoms with Gasteiger partial charge in [0.05, 0.1) is 5.69 Å². The highest BCUT2D eigenvalue weighted by Crippen LogP contribution is 2.15. The van der Waals surface area contributed by atoms with Gasteiger partial charge in [-0.25, -0.2) is 4.98 Å². The van der Waals surface area contributed by atoms with Crippen molar-refractivity contribution in [1.29, 1.82) is 0 Å². The van der Waals surface area contributed by atoms with Gasteiger partial charge in [0.25, 0.3) is 0 Å². The molecule has 0 saturated carbocycles. The fraction of sp³-hybridized carbons (Fsp3) is 0.750. The average molecular weight is 259 g/mol. The number of hydrogen-bond donors (Lipinski definition) is 2. The van der Waals surface area contributed by atoms with Crippen molar-refractivity contribution in [2.75, 3.05) is 27.2 Å². The summed E-state index contributed by atoms with van der Waals surface area (Å²) in [5.74, 6) is 1.01. The van der Waals surface area contributed by atoms with Crippen molar-refractivity contribution >= 4 is 11.6 Å². The third-order valence-corrected chi connectivity index (χ3v) is 3.03. The van der Waals surface area contributed by atoms with Gasteiger partial charge < -0.3 is 10.3 Å². The van der Waals surface area contributed by atoms with E-state index in [0.717, 1.165) is 44.0 Å². The van der Waals surface area contributed by atoms with Crippen LogP contribution in [0.4, 0.5) is 0 Å². The van der Waals surface area contributed by atoms with E-state index in [2.05, 4.69) is 34.2 Å². The van der Waals surface area contributed by atoms with E-state index in [1.807, 2.05) is 7.05 Å². The molecule has 0 bridgehead atoms. The van der Waals surface area contributed by atoms with Gasteiger partial charge in [-0.3, -0.25) is 4.90 Å². The molecule has 0 aliphatic carbocycles. The number of rotatable bonds is 8. The zero-order chi connectivity index (χ0) is 12.7. The second-order valence-corrected chi connectivity index (χ2v) is 4.76. The summed E-state index contributed by atoms with van der Waals surface area (Å²) in [5, 5.41) is 3.75. The topological polar surface area (TPSA) is 44.0 Å². The largest absolute Gasteiger partial charge is 0.344 e. The Bertz CT molecular complexity index is 324. The first-order valence-electron chi connectivity index (χ1n) is 6.23. The van der Waals surface area contributed by atoms with E-state index in [-0.39, 0.29) is 0 Å². The molecule has 1 aromatic heterocycles. The van der Waals surface area contributed by atoms with Crippen LogP contribution in [0.25, 0.3) is 0 Å². The van der Waals surface area contributed by atoms with E-state index < -0.39 is 0 Å². The van der Waals surface area contributed by atoms with Crippen LogP contribution in [0.15, 0.2) is 0 Å². The zero-order valence-corrected chi connectivity index (χ0v) is 11.8. The summed E-state index contributed by atoms with van der Waals surface area (Å²) in [6, 6.07) is 0. The van der Waals surface area contributed by atoms with Gasteiger partial charge in [-0.15, -0.1) is 0 Å². The van der Waals surface area contributed by atoms with Crippen LogP contribution in [0.3, 0.4) is 0 Å². The van der Waals surface area contributed by atoms with E-state index in [4.69, 9.17) is 11.6 Å². The maximum absolute atomic E-state index is 6.12. The van der Waals surface area contributed by atoms with Crippen molar-refractivity contribution in [3.63, 3.8) is 0 Å². The lowest BCUT2D eigenvalue weighted by Gasteiger charge is -2.15. The predicted octanol–water partition coefficient (Wildman–Crippen LogP) is 2.06. The maximum atomic E-state index is 6.12. The quantitative estimate of drug-likeness (QED) is 0.750. The van der Waals surface area contributed by atoms with Crippen molar-refractivity contribution in [1.82, 2.24) is 20.2 Å². The predicted molar refractivity (Wildman–Crippen MR) is 72.5 cm³/mol. The first kappa shape index (κ1) is 14.5. The van der Waals surface area contributed by atoms with Crippen LogP contribution in [-0.2, 0) is 13.0 Å². The number of likely N-dealkylation sites (N-methyl/N-ethyl adjacent to an activating group) is 2. The Morgan fingerprint density at radius 1 is 1.47 bits per heavy atom. The summed E-state index contributed by atoms with van der Waals surface area (Å²) in [5.41, 5.74) is 1.02. The molecule has 1 heterocycles. The van der Waals surface area contributed by atoms with Crippen molar-refractivity contribution in [2.24, 2.45) is 0 Å². The van der Waals surface area contributed by atoms with Crippen LogP contribution in [0.2, 0.25) is 5.15 Å². The van der Waals surface area contributed by atoms with Gasteiger partial charge in [0.2, 0.25) is 0 Å². The molecule has 0 fully saturated rings. The molecule has 0 unspecified atom stereocenters. The Balaban J connectivity index is 2.49. The third-order valence-electron chi connectivity index (χ3n) is 2.72. The standard InChI is InChI=1S/C12H23ClN4/c1-4-5-6-11-15-10(12(13)16-11)9-17(3)8-7-14-2/h14H,4-9H2,1-3H3,(H,15,16). The van der Waals surface area contributed by atoms with E-state index >= 15 is 0 Å². The number of nitrogens with one attached hydrogen (secondary N) is 2. The number of aromatic nitrogens is 2. The Labute approximate surface area is 109 Å². The highest BCUT2D eigenvalue weighted by atomic mass is 35.5. The first-order valence-corrected chi connectivity index (χ1v) is 6.61. The van der Waals surface area contributed by atoms with Gasteiger partial charge in [0.1, 0.15) is 5.82 Å². The summed E-state index contributed by atoms with van der Waals surface area (Å²) in [7, 11) is 4.04. The van der Waals surface area contributed by atoms with Crippen molar-refractivity contribution in [3.8, 4) is 0 Å². The highest BCUT2D eigenvalue weighted by molar-refractivity contribution is 6.30. The van der Waals surface area contributed by atoms with Gasteiger partial charge in [0.15, 0.2) is 5.15 Å². The van der Waals surface area contributed by atoms with Gasteiger partial charge in [-0.2, -0.15) is 0 Å². The number of hydrogen-bond acceptors (Lipinski definition) is 3. The molecule has 5 heteroatoms. The van der Waals surface area contributed by atoms with Crippen LogP contribution in [0.5, 0.6) is 0 Å². The van der Waals surface area contributed by atoms with Crippen molar-refractivity contribution < 1.29 is 0 Å². The lowest BCUT2D eigenvalue weighted by Crippen LogP contribution is -2.27. The number of H-pyrrole nitrogens is 1. The average Bonchev–Trinajstić information content (AvgIpc) is 2.65. The number of nitrogens with zero attached hydrogens (tertiary/aromatic N) is 2. The number of imidazole rings is 1. The molecule has 0 saturated heterocycles. The van der Waals surface area contributed by atoms with Gasteiger partial charge >= 0.3 is 0 Å². The summed E-state index contributed by atoms with van der Waals surface area (Å²) in [4.78, 5) is 9.89. The number of unbranched alkanes of at least 4 members (excludes halogenated alkanes) is 1. The summed E-state index contributed by atoms with van der Waals surface area (Å²) in [6.07, 6.45) is 3.31. The Morgan fingerprint density at radius 3 is 2.88 bits per heavy atom. The monoisotopic (exact) mass is 258 g/mol. The molecular formula is C12H23ClN4. The minimum atomic E-state index is 0.618. The molecule has 0 amide bonds. The molecule has 0 aliphatic rings. The van der Waals surface area contributed by atoms with E-state index in [1.54, 1.807) is 0 Å². The lowest BCUT2D eigenvalue weighted by molar-refractivity contribution is 0.324. The Kier molecular flexibility index (Phi) is 6.55. The number of aromatic amines is 1. The van der Waals surface area contributed by atoms with Crippen molar-refractivity contribution in [3.05, 3.63) is 16.7 Å². The van der Waals surface area contributed by atoms with E-state index in [9.17, 15) is 0 Å². The Hall–Kier alpha value is -0.580.